The van der Waals surface area contributed by atoms with Gasteiger partial charge in [-0.25, -0.2) is 0 Å². The van der Waals surface area contributed by atoms with Crippen molar-refractivity contribution in [3.8, 4) is 11.1 Å². The Hall–Kier alpha value is -1.34. The first kappa shape index (κ1) is 11.7. The van der Waals surface area contributed by atoms with E-state index in [0.29, 0.717) is 0 Å². The van der Waals surface area contributed by atoms with Crippen LogP contribution >= 0.6 is 15.9 Å². The van der Waals surface area contributed by atoms with Crippen LogP contribution in [-0.4, -0.2) is 0 Å². The molecule has 1 aliphatic carbocycles. The Balaban J connectivity index is 2.20. The topological polar surface area (TPSA) is 0 Å². The minimum atomic E-state index is 1.08. The molecule has 0 nitrogen and oxygen atoms in total. The Kier molecular flexibility index (Phi) is 2.87. The third kappa shape index (κ3) is 2.04. The van der Waals surface area contributed by atoms with Gasteiger partial charge in [-0.3, -0.25) is 0 Å². The average Bonchev–Trinajstić information content (AvgIpc) is 2.69. The number of hydrogen-bond donors (Lipinski definition) is 0. The van der Waals surface area contributed by atoms with Crippen molar-refractivity contribution in [2.45, 2.75) is 20.3 Å². The van der Waals surface area contributed by atoms with E-state index in [0.717, 1.165) is 6.42 Å². The van der Waals surface area contributed by atoms with Crippen LogP contribution in [0.15, 0.2) is 46.4 Å². The van der Waals surface area contributed by atoms with E-state index in [1.165, 1.54) is 37.9 Å². The molecule has 0 spiro atoms. The molecule has 0 aromatic heterocycles. The summed E-state index contributed by atoms with van der Waals surface area (Å²) in [6.07, 6.45) is 3.39. The fourth-order valence-corrected chi connectivity index (χ4v) is 3.07. The van der Waals surface area contributed by atoms with Crippen molar-refractivity contribution < 1.29 is 0 Å². The van der Waals surface area contributed by atoms with Crippen LogP contribution in [0.4, 0.5) is 0 Å². The van der Waals surface area contributed by atoms with Gasteiger partial charge >= 0.3 is 0 Å². The zero-order valence-corrected chi connectivity index (χ0v) is 12.2. The largest absolute Gasteiger partial charge is 0.0683 e. The highest BCUT2D eigenvalue weighted by Gasteiger charge is 2.15. The summed E-state index contributed by atoms with van der Waals surface area (Å²) in [5.41, 5.74) is 8.19. The fraction of sp³-hybridized carbons (Fsp3) is 0.176. The van der Waals surface area contributed by atoms with Gasteiger partial charge in [0.1, 0.15) is 0 Å². The van der Waals surface area contributed by atoms with E-state index in [4.69, 9.17) is 0 Å². The minimum absolute atomic E-state index is 1.08. The smallest absolute Gasteiger partial charge is 0.0184 e. The molecule has 2 aromatic carbocycles. The van der Waals surface area contributed by atoms with Gasteiger partial charge in [-0.1, -0.05) is 57.4 Å². The summed E-state index contributed by atoms with van der Waals surface area (Å²) in [4.78, 5) is 0. The van der Waals surface area contributed by atoms with Crippen molar-refractivity contribution in [3.05, 3.63) is 63.1 Å². The molecule has 0 saturated carbocycles. The summed E-state index contributed by atoms with van der Waals surface area (Å²) in [5, 5.41) is 0. The van der Waals surface area contributed by atoms with Gasteiger partial charge in [-0.2, -0.15) is 0 Å². The van der Waals surface area contributed by atoms with Crippen molar-refractivity contribution in [2.75, 3.05) is 0 Å². The van der Waals surface area contributed by atoms with Gasteiger partial charge in [0.25, 0.3) is 0 Å². The van der Waals surface area contributed by atoms with Crippen molar-refractivity contribution in [2.24, 2.45) is 0 Å². The summed E-state index contributed by atoms with van der Waals surface area (Å²) < 4.78 is 1.17. The summed E-state index contributed by atoms with van der Waals surface area (Å²) in [6, 6.07) is 13.2. The first-order valence-electron chi connectivity index (χ1n) is 6.20. The predicted octanol–water partition coefficient (Wildman–Crippen LogP) is 5.38. The number of aryl methyl sites for hydroxylation is 1. The molecule has 18 heavy (non-hydrogen) atoms. The lowest BCUT2D eigenvalue weighted by Gasteiger charge is -2.09. The average molecular weight is 299 g/mol. The zero-order chi connectivity index (χ0) is 12.7. The highest BCUT2D eigenvalue weighted by molar-refractivity contribution is 9.10. The Morgan fingerprint density at radius 3 is 2.44 bits per heavy atom. The van der Waals surface area contributed by atoms with Crippen molar-refractivity contribution in [1.29, 1.82) is 0 Å². The summed E-state index contributed by atoms with van der Waals surface area (Å²) in [5.74, 6) is 0. The van der Waals surface area contributed by atoms with E-state index in [9.17, 15) is 0 Å². The summed E-state index contributed by atoms with van der Waals surface area (Å²) in [7, 11) is 0. The third-order valence-electron chi connectivity index (χ3n) is 3.45. The lowest BCUT2D eigenvalue weighted by molar-refractivity contribution is 1.19. The van der Waals surface area contributed by atoms with E-state index in [1.54, 1.807) is 0 Å². The van der Waals surface area contributed by atoms with Crippen LogP contribution in [0.5, 0.6) is 0 Å². The molecular weight excluding hydrogens is 284 g/mol. The fourth-order valence-electron chi connectivity index (χ4n) is 2.56. The Labute approximate surface area is 116 Å². The molecule has 0 fully saturated rings. The molecule has 3 rings (SSSR count). The van der Waals surface area contributed by atoms with Crippen LogP contribution in [0, 0.1) is 6.92 Å². The quantitative estimate of drug-likeness (QED) is 0.663. The number of benzene rings is 2. The molecule has 0 aliphatic heterocycles. The molecular formula is C17H15Br. The number of allylic oxidation sites excluding steroid dienone is 1. The molecule has 1 aliphatic rings. The minimum Gasteiger partial charge on any atom is -0.0683 e. The molecule has 0 N–H and O–H groups in total. The highest BCUT2D eigenvalue weighted by Crippen LogP contribution is 2.36. The molecule has 90 valence electrons. The van der Waals surface area contributed by atoms with Crippen molar-refractivity contribution >= 4 is 22.0 Å². The van der Waals surface area contributed by atoms with E-state index in [1.807, 2.05) is 0 Å². The monoisotopic (exact) mass is 298 g/mol. The van der Waals surface area contributed by atoms with E-state index < -0.39 is 0 Å². The van der Waals surface area contributed by atoms with Crippen molar-refractivity contribution in [1.82, 2.24) is 0 Å². The molecule has 2 aromatic rings. The second kappa shape index (κ2) is 4.40. The zero-order valence-electron chi connectivity index (χ0n) is 10.6. The first-order valence-corrected chi connectivity index (χ1v) is 6.99. The molecule has 0 heterocycles. The maximum absolute atomic E-state index is 3.62. The molecule has 0 saturated heterocycles. The van der Waals surface area contributed by atoms with Gasteiger partial charge in [0, 0.05) is 4.47 Å². The van der Waals surface area contributed by atoms with Crippen LogP contribution in [-0.2, 0) is 6.42 Å². The van der Waals surface area contributed by atoms with Crippen LogP contribution < -0.4 is 0 Å². The third-order valence-corrected chi connectivity index (χ3v) is 3.91. The molecule has 0 amide bonds. The first-order chi connectivity index (χ1) is 8.63. The van der Waals surface area contributed by atoms with Gasteiger partial charge in [0.15, 0.2) is 0 Å². The summed E-state index contributed by atoms with van der Waals surface area (Å²) in [6.45, 7) is 4.33. The molecule has 0 unspecified atom stereocenters. The van der Waals surface area contributed by atoms with Gasteiger partial charge in [-0.15, -0.1) is 0 Å². The maximum atomic E-state index is 3.62. The second-order valence-electron chi connectivity index (χ2n) is 5.06. The number of fused-ring (bicyclic) bond motifs is 1. The van der Waals surface area contributed by atoms with Crippen LogP contribution in [0.2, 0.25) is 0 Å². The number of halogens is 1. The lowest BCUT2D eigenvalue weighted by Crippen LogP contribution is -1.88. The molecule has 0 bridgehead atoms. The Bertz CT molecular complexity index is 633. The summed E-state index contributed by atoms with van der Waals surface area (Å²) >= 11 is 3.62. The second-order valence-corrected chi connectivity index (χ2v) is 5.98. The van der Waals surface area contributed by atoms with Gasteiger partial charge in [0.05, 0.1) is 0 Å². The molecule has 1 heteroatoms. The number of rotatable bonds is 1. The van der Waals surface area contributed by atoms with Gasteiger partial charge in [0.2, 0.25) is 0 Å². The standard InChI is InChI=1S/C17H15Br/c1-11-3-5-13(6-4-11)17-10-15(18)9-14-7-12(2)8-16(14)17/h3-6,8-10H,7H2,1-2H3. The number of hydrogen-bond acceptors (Lipinski definition) is 0. The maximum Gasteiger partial charge on any atom is 0.0184 e. The Morgan fingerprint density at radius 2 is 1.72 bits per heavy atom. The van der Waals surface area contributed by atoms with Gasteiger partial charge < -0.3 is 0 Å². The Morgan fingerprint density at radius 1 is 1.00 bits per heavy atom. The van der Waals surface area contributed by atoms with Crippen molar-refractivity contribution in [3.63, 3.8) is 0 Å². The van der Waals surface area contributed by atoms with Crippen LogP contribution in [0.25, 0.3) is 17.2 Å². The molecule has 0 atom stereocenters. The normalized spacial score (nSPS) is 13.4. The van der Waals surface area contributed by atoms with E-state index in [-0.39, 0.29) is 0 Å². The van der Waals surface area contributed by atoms with E-state index in [2.05, 4.69) is 72.3 Å². The predicted molar refractivity (Wildman–Crippen MR) is 81.7 cm³/mol. The van der Waals surface area contributed by atoms with Crippen LogP contribution in [0.3, 0.4) is 0 Å². The lowest BCUT2D eigenvalue weighted by atomic mass is 9.96. The van der Waals surface area contributed by atoms with Crippen LogP contribution in [0.1, 0.15) is 23.6 Å². The van der Waals surface area contributed by atoms with E-state index >= 15 is 0 Å². The highest BCUT2D eigenvalue weighted by atomic mass is 79.9. The molecule has 0 radical (unpaired) electrons. The SMILES string of the molecule is CC1=Cc2c(cc(Br)cc2-c2ccc(C)cc2)C1. The van der Waals surface area contributed by atoms with Gasteiger partial charge in [-0.05, 0) is 54.7 Å².